The van der Waals surface area contributed by atoms with Crippen LogP contribution in [0, 0.1) is 6.92 Å². The Morgan fingerprint density at radius 1 is 0.875 bits per heavy atom. The van der Waals surface area contributed by atoms with Crippen LogP contribution in [0.25, 0.3) is 0 Å². The Bertz CT molecular complexity index is 1000. The Kier molecular flexibility index (Phi) is 7.46. The Hall–Kier alpha value is -3.25. The third-order valence-corrected chi connectivity index (χ3v) is 5.79. The molecule has 1 amide bonds. The Balaban J connectivity index is 1.19. The molecule has 3 aromatic rings. The van der Waals surface area contributed by atoms with Crippen molar-refractivity contribution in [1.29, 1.82) is 0 Å². The van der Waals surface area contributed by atoms with Gasteiger partial charge in [0.2, 0.25) is 0 Å². The van der Waals surface area contributed by atoms with Crippen LogP contribution in [0.5, 0.6) is 5.75 Å². The minimum atomic E-state index is -0.272. The molecule has 0 spiro atoms. The SMILES string of the molecule is Cc1cccc(CCc2ccc(OC(=O)N3CCN(CCc4ccccn4)CC3)cc2)n1. The van der Waals surface area contributed by atoms with E-state index in [1.54, 1.807) is 4.90 Å². The standard InChI is InChI=1S/C26H30N4O2/c1-21-5-4-7-24(28-21)11-8-22-9-12-25(13-10-22)32-26(31)30-19-17-29(18-20-30)16-14-23-6-2-3-15-27-23/h2-7,9-10,12-13,15H,8,11,14,16-20H2,1H3. The molecule has 1 saturated heterocycles. The molecule has 0 radical (unpaired) electrons. The molecule has 0 saturated carbocycles. The van der Waals surface area contributed by atoms with Gasteiger partial charge in [0.1, 0.15) is 5.75 Å². The summed E-state index contributed by atoms with van der Waals surface area (Å²) in [6.07, 6.45) is 4.29. The summed E-state index contributed by atoms with van der Waals surface area (Å²) in [4.78, 5) is 25.6. The number of nitrogens with zero attached hydrogens (tertiary/aromatic N) is 4. The number of ether oxygens (including phenoxy) is 1. The molecule has 1 fully saturated rings. The second kappa shape index (κ2) is 10.9. The van der Waals surface area contributed by atoms with E-state index >= 15 is 0 Å². The first kappa shape index (κ1) is 22.0. The molecular formula is C26H30N4O2. The molecule has 1 aromatic carbocycles. The van der Waals surface area contributed by atoms with Gasteiger partial charge in [-0.15, -0.1) is 0 Å². The number of amides is 1. The third-order valence-electron chi connectivity index (χ3n) is 5.79. The second-order valence-corrected chi connectivity index (χ2v) is 8.18. The van der Waals surface area contributed by atoms with E-state index in [9.17, 15) is 4.79 Å². The number of benzene rings is 1. The van der Waals surface area contributed by atoms with Crippen molar-refractivity contribution in [3.8, 4) is 5.75 Å². The smallest absolute Gasteiger partial charge is 0.410 e. The predicted octanol–water partition coefficient (Wildman–Crippen LogP) is 3.93. The van der Waals surface area contributed by atoms with Crippen LogP contribution in [-0.2, 0) is 19.3 Å². The van der Waals surface area contributed by atoms with Crippen LogP contribution < -0.4 is 4.74 Å². The van der Waals surface area contributed by atoms with Crippen LogP contribution in [0.1, 0.15) is 22.6 Å². The number of rotatable bonds is 7. The Morgan fingerprint density at radius 2 is 1.66 bits per heavy atom. The van der Waals surface area contributed by atoms with Crippen LogP contribution in [0.15, 0.2) is 66.9 Å². The molecular weight excluding hydrogens is 400 g/mol. The number of hydrogen-bond acceptors (Lipinski definition) is 5. The number of hydrogen-bond donors (Lipinski definition) is 0. The number of piperazine rings is 1. The van der Waals surface area contributed by atoms with Gasteiger partial charge in [-0.25, -0.2) is 4.79 Å². The van der Waals surface area contributed by atoms with Crippen molar-refractivity contribution in [2.24, 2.45) is 0 Å². The molecule has 32 heavy (non-hydrogen) atoms. The molecule has 0 unspecified atom stereocenters. The van der Waals surface area contributed by atoms with Gasteiger partial charge in [-0.05, 0) is 61.7 Å². The Labute approximate surface area is 189 Å². The van der Waals surface area contributed by atoms with Crippen molar-refractivity contribution in [2.75, 3.05) is 32.7 Å². The van der Waals surface area contributed by atoms with Gasteiger partial charge in [0.15, 0.2) is 0 Å². The maximum atomic E-state index is 12.5. The summed E-state index contributed by atoms with van der Waals surface area (Å²) in [5, 5.41) is 0. The van der Waals surface area contributed by atoms with Crippen LogP contribution in [0.4, 0.5) is 4.79 Å². The van der Waals surface area contributed by atoms with Crippen molar-refractivity contribution in [3.05, 3.63) is 89.5 Å². The van der Waals surface area contributed by atoms with Crippen LogP contribution in [0.2, 0.25) is 0 Å². The second-order valence-electron chi connectivity index (χ2n) is 8.18. The van der Waals surface area contributed by atoms with E-state index in [1.807, 2.05) is 61.7 Å². The van der Waals surface area contributed by atoms with Gasteiger partial charge in [0.25, 0.3) is 0 Å². The quantitative estimate of drug-likeness (QED) is 0.568. The summed E-state index contributed by atoms with van der Waals surface area (Å²) in [7, 11) is 0. The van der Waals surface area contributed by atoms with Crippen LogP contribution in [0.3, 0.4) is 0 Å². The number of carbonyl (C=O) groups is 1. The van der Waals surface area contributed by atoms with Crippen molar-refractivity contribution in [2.45, 2.75) is 26.2 Å². The first-order valence-corrected chi connectivity index (χ1v) is 11.3. The summed E-state index contributed by atoms with van der Waals surface area (Å²) in [5.74, 6) is 0.588. The lowest BCUT2D eigenvalue weighted by molar-refractivity contribution is 0.111. The van der Waals surface area contributed by atoms with Gasteiger partial charge in [-0.2, -0.15) is 0 Å². The minimum Gasteiger partial charge on any atom is -0.410 e. The average molecular weight is 431 g/mol. The van der Waals surface area contributed by atoms with E-state index < -0.39 is 0 Å². The highest BCUT2D eigenvalue weighted by Gasteiger charge is 2.22. The molecule has 0 N–H and O–H groups in total. The third kappa shape index (κ3) is 6.37. The van der Waals surface area contributed by atoms with Crippen molar-refractivity contribution >= 4 is 6.09 Å². The molecule has 1 aliphatic rings. The summed E-state index contributed by atoms with van der Waals surface area (Å²) < 4.78 is 5.60. The zero-order valence-corrected chi connectivity index (χ0v) is 18.6. The lowest BCUT2D eigenvalue weighted by Crippen LogP contribution is -2.49. The molecule has 6 heteroatoms. The minimum absolute atomic E-state index is 0.272. The predicted molar refractivity (Wildman–Crippen MR) is 125 cm³/mol. The zero-order valence-electron chi connectivity index (χ0n) is 18.6. The summed E-state index contributed by atoms with van der Waals surface area (Å²) >= 11 is 0. The van der Waals surface area contributed by atoms with Crippen molar-refractivity contribution < 1.29 is 9.53 Å². The summed E-state index contributed by atoms with van der Waals surface area (Å²) in [6.45, 7) is 6.04. The number of carbonyl (C=O) groups excluding carboxylic acids is 1. The highest BCUT2D eigenvalue weighted by atomic mass is 16.6. The number of aromatic nitrogens is 2. The van der Waals surface area contributed by atoms with Gasteiger partial charge in [-0.3, -0.25) is 14.9 Å². The molecule has 3 heterocycles. The highest BCUT2D eigenvalue weighted by molar-refractivity contribution is 5.70. The first-order valence-electron chi connectivity index (χ1n) is 11.3. The van der Waals surface area contributed by atoms with Crippen LogP contribution >= 0.6 is 0 Å². The van der Waals surface area contributed by atoms with E-state index in [2.05, 4.69) is 27.0 Å². The number of pyridine rings is 2. The molecule has 0 atom stereocenters. The van der Waals surface area contributed by atoms with Gasteiger partial charge < -0.3 is 9.64 Å². The van der Waals surface area contributed by atoms with Gasteiger partial charge in [-0.1, -0.05) is 24.3 Å². The lowest BCUT2D eigenvalue weighted by Gasteiger charge is -2.33. The van der Waals surface area contributed by atoms with Crippen molar-refractivity contribution in [1.82, 2.24) is 19.8 Å². The maximum absolute atomic E-state index is 12.5. The first-order chi connectivity index (χ1) is 15.7. The van der Waals surface area contributed by atoms with E-state index in [-0.39, 0.29) is 6.09 Å². The highest BCUT2D eigenvalue weighted by Crippen LogP contribution is 2.16. The molecule has 6 nitrogen and oxygen atoms in total. The molecule has 0 bridgehead atoms. The fraction of sp³-hybridized carbons (Fsp3) is 0.346. The van der Waals surface area contributed by atoms with E-state index in [4.69, 9.17) is 4.74 Å². The normalized spacial score (nSPS) is 14.3. The zero-order chi connectivity index (χ0) is 22.2. The molecule has 166 valence electrons. The largest absolute Gasteiger partial charge is 0.415 e. The monoisotopic (exact) mass is 430 g/mol. The van der Waals surface area contributed by atoms with E-state index in [1.165, 1.54) is 5.56 Å². The number of aryl methyl sites for hydroxylation is 3. The van der Waals surface area contributed by atoms with E-state index in [0.29, 0.717) is 18.8 Å². The maximum Gasteiger partial charge on any atom is 0.415 e. The lowest BCUT2D eigenvalue weighted by atomic mass is 10.1. The molecule has 0 aliphatic carbocycles. The van der Waals surface area contributed by atoms with Gasteiger partial charge >= 0.3 is 6.09 Å². The summed E-state index contributed by atoms with van der Waals surface area (Å²) in [6, 6.07) is 19.9. The molecule has 2 aromatic heterocycles. The average Bonchev–Trinajstić information content (AvgIpc) is 2.83. The summed E-state index contributed by atoms with van der Waals surface area (Å²) in [5.41, 5.74) is 4.45. The fourth-order valence-corrected chi connectivity index (χ4v) is 3.87. The van der Waals surface area contributed by atoms with Gasteiger partial charge in [0.05, 0.1) is 0 Å². The van der Waals surface area contributed by atoms with Crippen LogP contribution in [-0.4, -0.2) is 58.6 Å². The Morgan fingerprint density at radius 3 is 2.38 bits per heavy atom. The van der Waals surface area contributed by atoms with Crippen molar-refractivity contribution in [3.63, 3.8) is 0 Å². The molecule has 1 aliphatic heterocycles. The topological polar surface area (TPSA) is 58.6 Å². The van der Waals surface area contributed by atoms with Gasteiger partial charge in [0, 0.05) is 62.4 Å². The molecule has 4 rings (SSSR count). The van der Waals surface area contributed by atoms with E-state index in [0.717, 1.165) is 56.0 Å². The fourth-order valence-electron chi connectivity index (χ4n) is 3.87.